The number of ether oxygens (including phenoxy) is 1. The minimum atomic E-state index is -0.465. The summed E-state index contributed by atoms with van der Waals surface area (Å²) in [4.78, 5) is 18.4. The molecule has 0 spiro atoms. The Morgan fingerprint density at radius 3 is 2.71 bits per heavy atom. The molecule has 1 saturated carbocycles. The maximum absolute atomic E-state index is 12.2. The third-order valence-electron chi connectivity index (χ3n) is 3.82. The maximum atomic E-state index is 12.2. The van der Waals surface area contributed by atoms with Gasteiger partial charge < -0.3 is 14.2 Å². The molecule has 0 N–H and O–H groups in total. The zero-order chi connectivity index (χ0) is 15.0. The summed E-state index contributed by atoms with van der Waals surface area (Å²) in [6.07, 6.45) is 3.98. The van der Waals surface area contributed by atoms with Gasteiger partial charge in [-0.2, -0.15) is 4.98 Å². The van der Waals surface area contributed by atoms with Gasteiger partial charge in [-0.3, -0.25) is 0 Å². The third-order valence-corrected chi connectivity index (χ3v) is 3.82. The summed E-state index contributed by atoms with van der Waals surface area (Å²) in [5.41, 5.74) is -0.465. The van der Waals surface area contributed by atoms with Gasteiger partial charge in [0.15, 0.2) is 5.82 Å². The van der Waals surface area contributed by atoms with Gasteiger partial charge in [0, 0.05) is 19.0 Å². The molecular weight excluding hydrogens is 270 g/mol. The number of hydrogen-bond donors (Lipinski definition) is 0. The Bertz CT molecular complexity index is 516. The van der Waals surface area contributed by atoms with Crippen LogP contribution in [-0.2, 0) is 4.74 Å². The highest BCUT2D eigenvalue weighted by atomic mass is 16.6. The Morgan fingerprint density at radius 2 is 2.05 bits per heavy atom. The fourth-order valence-electron chi connectivity index (χ4n) is 2.59. The summed E-state index contributed by atoms with van der Waals surface area (Å²) in [5.74, 6) is 2.13. The second-order valence-corrected chi connectivity index (χ2v) is 7.03. The van der Waals surface area contributed by atoms with Crippen LogP contribution >= 0.6 is 0 Å². The summed E-state index contributed by atoms with van der Waals surface area (Å²) in [7, 11) is 0. The Morgan fingerprint density at radius 1 is 1.29 bits per heavy atom. The van der Waals surface area contributed by atoms with E-state index in [0.29, 0.717) is 18.4 Å². The van der Waals surface area contributed by atoms with Gasteiger partial charge in [-0.05, 0) is 46.5 Å². The van der Waals surface area contributed by atoms with E-state index in [1.807, 2.05) is 20.8 Å². The number of aromatic nitrogens is 2. The molecule has 3 rings (SSSR count). The van der Waals surface area contributed by atoms with Crippen LogP contribution in [0.4, 0.5) is 4.79 Å². The second kappa shape index (κ2) is 5.31. The quantitative estimate of drug-likeness (QED) is 0.838. The van der Waals surface area contributed by atoms with Crippen LogP contribution in [0, 0.1) is 0 Å². The number of rotatable bonds is 2. The van der Waals surface area contributed by atoms with E-state index in [1.165, 1.54) is 0 Å². The molecule has 116 valence electrons. The van der Waals surface area contributed by atoms with E-state index < -0.39 is 5.60 Å². The summed E-state index contributed by atoms with van der Waals surface area (Å²) < 4.78 is 10.8. The number of piperidine rings is 1. The zero-order valence-electron chi connectivity index (χ0n) is 13.0. The van der Waals surface area contributed by atoms with E-state index in [-0.39, 0.29) is 12.0 Å². The van der Waals surface area contributed by atoms with Crippen LogP contribution in [0.15, 0.2) is 4.52 Å². The van der Waals surface area contributed by atoms with Gasteiger partial charge in [0.2, 0.25) is 5.89 Å². The highest BCUT2D eigenvalue weighted by Crippen LogP contribution is 2.39. The van der Waals surface area contributed by atoms with E-state index in [2.05, 4.69) is 10.1 Å². The zero-order valence-corrected chi connectivity index (χ0v) is 13.0. The van der Waals surface area contributed by atoms with Crippen LogP contribution in [-0.4, -0.2) is 39.8 Å². The van der Waals surface area contributed by atoms with Gasteiger partial charge in [0.25, 0.3) is 0 Å². The Labute approximate surface area is 124 Å². The summed E-state index contributed by atoms with van der Waals surface area (Å²) in [6.45, 7) is 6.97. The molecule has 21 heavy (non-hydrogen) atoms. The van der Waals surface area contributed by atoms with Crippen molar-refractivity contribution in [2.75, 3.05) is 13.1 Å². The SMILES string of the molecule is CC(C)(C)OC(=O)N1CCCC(c2nc(C3CC3)no2)C1. The lowest BCUT2D eigenvalue weighted by Crippen LogP contribution is -2.42. The fourth-order valence-corrected chi connectivity index (χ4v) is 2.59. The predicted octanol–water partition coefficient (Wildman–Crippen LogP) is 3.06. The average molecular weight is 293 g/mol. The molecule has 6 heteroatoms. The molecule has 0 aromatic carbocycles. The van der Waals surface area contributed by atoms with Crippen LogP contribution < -0.4 is 0 Å². The summed E-state index contributed by atoms with van der Waals surface area (Å²) >= 11 is 0. The van der Waals surface area contributed by atoms with Crippen LogP contribution in [0.5, 0.6) is 0 Å². The molecule has 1 amide bonds. The van der Waals surface area contributed by atoms with Gasteiger partial charge in [-0.15, -0.1) is 0 Å². The number of hydrogen-bond acceptors (Lipinski definition) is 5. The van der Waals surface area contributed by atoms with Crippen molar-refractivity contribution < 1.29 is 14.1 Å². The smallest absolute Gasteiger partial charge is 0.410 e. The summed E-state index contributed by atoms with van der Waals surface area (Å²) in [5, 5.41) is 4.06. The average Bonchev–Trinajstić information content (AvgIpc) is 3.15. The molecule has 1 aromatic heterocycles. The van der Waals surface area contributed by atoms with E-state index in [1.54, 1.807) is 4.90 Å². The van der Waals surface area contributed by atoms with Crippen molar-refractivity contribution in [3.05, 3.63) is 11.7 Å². The molecule has 0 bridgehead atoms. The number of amides is 1. The lowest BCUT2D eigenvalue weighted by molar-refractivity contribution is 0.0189. The Hall–Kier alpha value is -1.59. The highest BCUT2D eigenvalue weighted by Gasteiger charge is 2.33. The molecule has 0 radical (unpaired) electrons. The van der Waals surface area contributed by atoms with Crippen LogP contribution in [0.25, 0.3) is 0 Å². The van der Waals surface area contributed by atoms with Crippen LogP contribution in [0.2, 0.25) is 0 Å². The molecule has 2 fully saturated rings. The maximum Gasteiger partial charge on any atom is 0.410 e. The predicted molar refractivity (Wildman–Crippen MR) is 76.1 cm³/mol. The number of carbonyl (C=O) groups excluding carboxylic acids is 1. The van der Waals surface area contributed by atoms with E-state index >= 15 is 0 Å². The largest absolute Gasteiger partial charge is 0.444 e. The highest BCUT2D eigenvalue weighted by molar-refractivity contribution is 5.68. The van der Waals surface area contributed by atoms with Crippen molar-refractivity contribution in [2.24, 2.45) is 0 Å². The normalized spacial score (nSPS) is 23.2. The van der Waals surface area contributed by atoms with Gasteiger partial charge in [-0.25, -0.2) is 4.79 Å². The molecule has 2 heterocycles. The molecular formula is C15H23N3O3. The lowest BCUT2D eigenvalue weighted by Gasteiger charge is -2.32. The van der Waals surface area contributed by atoms with Gasteiger partial charge in [0.05, 0.1) is 5.92 Å². The number of carbonyl (C=O) groups is 1. The van der Waals surface area contributed by atoms with Crippen LogP contribution in [0.1, 0.15) is 70.0 Å². The standard InChI is InChI=1S/C15H23N3O3/c1-15(2,3)20-14(19)18-8-4-5-11(9-18)13-16-12(17-21-13)10-6-7-10/h10-11H,4-9H2,1-3H3. The number of nitrogens with zero attached hydrogens (tertiary/aromatic N) is 3. The first kappa shape index (κ1) is 14.4. The summed E-state index contributed by atoms with van der Waals surface area (Å²) in [6, 6.07) is 0. The Balaban J connectivity index is 1.63. The molecule has 1 aromatic rings. The molecule has 6 nitrogen and oxygen atoms in total. The van der Waals surface area contributed by atoms with Gasteiger partial charge in [0.1, 0.15) is 5.60 Å². The van der Waals surface area contributed by atoms with E-state index in [0.717, 1.165) is 38.1 Å². The van der Waals surface area contributed by atoms with E-state index in [4.69, 9.17) is 9.26 Å². The molecule has 1 aliphatic heterocycles. The van der Waals surface area contributed by atoms with Crippen molar-refractivity contribution in [2.45, 2.75) is 63.9 Å². The Kier molecular flexibility index (Phi) is 3.63. The van der Waals surface area contributed by atoms with Crippen LogP contribution in [0.3, 0.4) is 0 Å². The molecule has 1 saturated heterocycles. The molecule has 1 aliphatic carbocycles. The van der Waals surface area contributed by atoms with E-state index in [9.17, 15) is 4.79 Å². The first-order chi connectivity index (χ1) is 9.92. The van der Waals surface area contributed by atoms with Crippen molar-refractivity contribution >= 4 is 6.09 Å². The minimum Gasteiger partial charge on any atom is -0.444 e. The second-order valence-electron chi connectivity index (χ2n) is 7.03. The monoisotopic (exact) mass is 293 g/mol. The fraction of sp³-hybridized carbons (Fsp3) is 0.800. The van der Waals surface area contributed by atoms with Gasteiger partial charge >= 0.3 is 6.09 Å². The third kappa shape index (κ3) is 3.54. The number of likely N-dealkylation sites (tertiary alicyclic amines) is 1. The molecule has 2 aliphatic rings. The van der Waals surface area contributed by atoms with Crippen molar-refractivity contribution in [3.63, 3.8) is 0 Å². The molecule has 1 atom stereocenters. The first-order valence-corrected chi connectivity index (χ1v) is 7.74. The molecule has 1 unspecified atom stereocenters. The van der Waals surface area contributed by atoms with Crippen molar-refractivity contribution in [3.8, 4) is 0 Å². The first-order valence-electron chi connectivity index (χ1n) is 7.74. The lowest BCUT2D eigenvalue weighted by atomic mass is 9.98. The van der Waals surface area contributed by atoms with Crippen molar-refractivity contribution in [1.82, 2.24) is 15.0 Å². The van der Waals surface area contributed by atoms with Gasteiger partial charge in [-0.1, -0.05) is 5.16 Å². The minimum absolute atomic E-state index is 0.131. The van der Waals surface area contributed by atoms with Crippen molar-refractivity contribution in [1.29, 1.82) is 0 Å². The topological polar surface area (TPSA) is 68.5 Å².